The van der Waals surface area contributed by atoms with E-state index in [1.807, 2.05) is 12.1 Å². The van der Waals surface area contributed by atoms with Gasteiger partial charge in [-0.2, -0.15) is 0 Å². The Kier molecular flexibility index (Phi) is 8.06. The normalized spacial score (nSPS) is 17.8. The van der Waals surface area contributed by atoms with Gasteiger partial charge in [-0.05, 0) is 74.9 Å². The van der Waals surface area contributed by atoms with Gasteiger partial charge in [-0.3, -0.25) is 14.4 Å². The predicted octanol–water partition coefficient (Wildman–Crippen LogP) is 3.36. The number of benzene rings is 2. The second-order valence-corrected chi connectivity index (χ2v) is 9.52. The molecule has 0 spiro atoms. The van der Waals surface area contributed by atoms with Gasteiger partial charge >= 0.3 is 0 Å². The maximum absolute atomic E-state index is 12.9. The molecule has 0 bridgehead atoms. The van der Waals surface area contributed by atoms with E-state index in [1.54, 1.807) is 21.9 Å². The van der Waals surface area contributed by atoms with E-state index in [2.05, 4.69) is 48.3 Å². The molecule has 2 aromatic carbocycles. The van der Waals surface area contributed by atoms with Crippen LogP contribution >= 0.6 is 0 Å². The average molecular weight is 477 g/mol. The first-order valence-electron chi connectivity index (χ1n) is 12.7. The van der Waals surface area contributed by atoms with Crippen LogP contribution in [0, 0.1) is 6.92 Å². The molecule has 0 aliphatic carbocycles. The van der Waals surface area contributed by atoms with Gasteiger partial charge in [-0.1, -0.05) is 24.3 Å². The van der Waals surface area contributed by atoms with E-state index in [1.165, 1.54) is 11.3 Å². The van der Waals surface area contributed by atoms with E-state index >= 15 is 0 Å². The summed E-state index contributed by atoms with van der Waals surface area (Å²) in [5, 5.41) is 3.01. The molecule has 7 heteroatoms. The first kappa shape index (κ1) is 24.8. The molecule has 4 rings (SSSR count). The lowest BCUT2D eigenvalue weighted by molar-refractivity contribution is -0.158. The molecule has 1 N–H and O–H groups in total. The monoisotopic (exact) mass is 476 g/mol. The highest BCUT2D eigenvalue weighted by molar-refractivity contribution is 5.95. The zero-order valence-corrected chi connectivity index (χ0v) is 20.8. The van der Waals surface area contributed by atoms with Crippen molar-refractivity contribution >= 4 is 23.4 Å². The zero-order chi connectivity index (χ0) is 24.8. The fourth-order valence-electron chi connectivity index (χ4n) is 5.01. The third kappa shape index (κ3) is 6.02. The van der Waals surface area contributed by atoms with Gasteiger partial charge in [0.15, 0.2) is 0 Å². The lowest BCUT2D eigenvalue weighted by atomic mass is 9.98. The summed E-state index contributed by atoms with van der Waals surface area (Å²) in [6.45, 7) is 7.85. The van der Waals surface area contributed by atoms with Crippen molar-refractivity contribution in [3.8, 4) is 0 Å². The number of carbonyl (C=O) groups is 3. The Labute approximate surface area is 208 Å². The minimum Gasteiger partial charge on any atom is -0.372 e. The van der Waals surface area contributed by atoms with Crippen LogP contribution in [0.25, 0.3) is 0 Å². The van der Waals surface area contributed by atoms with Gasteiger partial charge in [0.1, 0.15) is 12.6 Å². The molecule has 186 valence electrons. The number of anilines is 1. The van der Waals surface area contributed by atoms with Crippen molar-refractivity contribution in [1.82, 2.24) is 15.1 Å². The molecular weight excluding hydrogens is 440 g/mol. The lowest BCUT2D eigenvalue weighted by Crippen LogP contribution is -2.60. The molecule has 2 fully saturated rings. The zero-order valence-electron chi connectivity index (χ0n) is 20.8. The number of nitrogens with one attached hydrogen (secondary N) is 1. The highest BCUT2D eigenvalue weighted by Crippen LogP contribution is 2.24. The largest absolute Gasteiger partial charge is 0.372 e. The number of piperidine rings is 1. The van der Waals surface area contributed by atoms with E-state index < -0.39 is 0 Å². The third-order valence-electron chi connectivity index (χ3n) is 6.97. The Morgan fingerprint density at radius 2 is 1.91 bits per heavy atom. The average Bonchev–Trinajstić information content (AvgIpc) is 2.87. The Bertz CT molecular complexity index is 1050. The molecule has 2 aromatic rings. The standard InChI is InChI=1S/C28H36N4O3/c1-3-30(24-9-6-8-21(2)18-24)16-7-15-29-27(34)23-13-11-22(12-14-23)19-31-20-26(33)32-17-5-4-10-25(32)28(31)35/h6,8-9,11-14,18,25H,3-5,7,10,15-17,19-20H2,1-2H3,(H,29,34)/t25-/m0/s1. The lowest BCUT2D eigenvalue weighted by Gasteiger charge is -2.42. The van der Waals surface area contributed by atoms with Gasteiger partial charge in [0.25, 0.3) is 5.91 Å². The second kappa shape index (κ2) is 11.4. The molecule has 1 atom stereocenters. The Hall–Kier alpha value is -3.35. The SMILES string of the molecule is CCN(CCCNC(=O)c1ccc(CN2CC(=O)N3CCCC[C@H]3C2=O)cc1)c1cccc(C)c1. The fraction of sp³-hybridized carbons (Fsp3) is 0.464. The number of fused-ring (bicyclic) bond motifs is 1. The molecule has 7 nitrogen and oxygen atoms in total. The number of piperazine rings is 1. The second-order valence-electron chi connectivity index (χ2n) is 9.52. The fourth-order valence-corrected chi connectivity index (χ4v) is 5.01. The van der Waals surface area contributed by atoms with Crippen LogP contribution in [0.5, 0.6) is 0 Å². The van der Waals surface area contributed by atoms with Crippen LogP contribution in [-0.2, 0) is 16.1 Å². The first-order valence-corrected chi connectivity index (χ1v) is 12.7. The minimum absolute atomic E-state index is 0.0364. The first-order chi connectivity index (χ1) is 17.0. The number of hydrogen-bond donors (Lipinski definition) is 1. The number of carbonyl (C=O) groups excluding carboxylic acids is 3. The minimum atomic E-state index is -0.301. The van der Waals surface area contributed by atoms with Crippen LogP contribution in [0.3, 0.4) is 0 Å². The number of aryl methyl sites for hydroxylation is 1. The summed E-state index contributed by atoms with van der Waals surface area (Å²) in [5.41, 5.74) is 3.97. The number of nitrogens with zero attached hydrogens (tertiary/aromatic N) is 3. The topological polar surface area (TPSA) is 73.0 Å². The van der Waals surface area contributed by atoms with Gasteiger partial charge in [-0.15, -0.1) is 0 Å². The van der Waals surface area contributed by atoms with E-state index in [9.17, 15) is 14.4 Å². The van der Waals surface area contributed by atoms with Crippen LogP contribution in [-0.4, -0.2) is 66.3 Å². The quantitative estimate of drug-likeness (QED) is 0.564. The molecule has 2 aliphatic heterocycles. The van der Waals surface area contributed by atoms with Crippen molar-refractivity contribution < 1.29 is 14.4 Å². The summed E-state index contributed by atoms with van der Waals surface area (Å²) < 4.78 is 0. The van der Waals surface area contributed by atoms with Crippen molar-refractivity contribution in [2.24, 2.45) is 0 Å². The molecule has 0 aromatic heterocycles. The van der Waals surface area contributed by atoms with Gasteiger partial charge in [-0.25, -0.2) is 0 Å². The molecule has 3 amide bonds. The summed E-state index contributed by atoms with van der Waals surface area (Å²) in [6.07, 6.45) is 3.57. The van der Waals surface area contributed by atoms with Gasteiger partial charge in [0.2, 0.25) is 11.8 Å². The maximum atomic E-state index is 12.9. The van der Waals surface area contributed by atoms with Crippen molar-refractivity contribution in [3.63, 3.8) is 0 Å². The Balaban J connectivity index is 1.25. The van der Waals surface area contributed by atoms with Gasteiger partial charge in [0.05, 0.1) is 0 Å². The Morgan fingerprint density at radius 1 is 1.11 bits per heavy atom. The summed E-state index contributed by atoms with van der Waals surface area (Å²) >= 11 is 0. The number of hydrogen-bond acceptors (Lipinski definition) is 4. The number of rotatable bonds is 9. The van der Waals surface area contributed by atoms with Crippen LogP contribution in [0.1, 0.15) is 54.1 Å². The van der Waals surface area contributed by atoms with Crippen molar-refractivity contribution in [3.05, 3.63) is 65.2 Å². The molecule has 2 aliphatic rings. The third-order valence-corrected chi connectivity index (χ3v) is 6.97. The smallest absolute Gasteiger partial charge is 0.251 e. The van der Waals surface area contributed by atoms with Crippen LogP contribution in [0.15, 0.2) is 48.5 Å². The summed E-state index contributed by atoms with van der Waals surface area (Å²) in [6, 6.07) is 15.5. The molecule has 2 saturated heterocycles. The van der Waals surface area contributed by atoms with Gasteiger partial charge in [0, 0.05) is 44.0 Å². The highest BCUT2D eigenvalue weighted by atomic mass is 16.2. The molecule has 0 unspecified atom stereocenters. The van der Waals surface area contributed by atoms with Crippen molar-refractivity contribution in [2.75, 3.05) is 37.6 Å². The van der Waals surface area contributed by atoms with E-state index in [4.69, 9.17) is 0 Å². The number of amides is 3. The van der Waals surface area contributed by atoms with Crippen LogP contribution in [0.2, 0.25) is 0 Å². The maximum Gasteiger partial charge on any atom is 0.251 e. The van der Waals surface area contributed by atoms with E-state index in [0.717, 1.165) is 44.3 Å². The van der Waals surface area contributed by atoms with Crippen molar-refractivity contribution in [2.45, 2.75) is 52.1 Å². The molecular formula is C28H36N4O3. The summed E-state index contributed by atoms with van der Waals surface area (Å²) in [5.74, 6) is -0.0236. The summed E-state index contributed by atoms with van der Waals surface area (Å²) in [4.78, 5) is 43.6. The summed E-state index contributed by atoms with van der Waals surface area (Å²) in [7, 11) is 0. The molecule has 0 radical (unpaired) electrons. The van der Waals surface area contributed by atoms with Crippen LogP contribution < -0.4 is 10.2 Å². The van der Waals surface area contributed by atoms with Crippen LogP contribution in [0.4, 0.5) is 5.69 Å². The predicted molar refractivity (Wildman–Crippen MR) is 137 cm³/mol. The van der Waals surface area contributed by atoms with E-state index in [-0.39, 0.29) is 30.3 Å². The van der Waals surface area contributed by atoms with Gasteiger partial charge < -0.3 is 20.0 Å². The van der Waals surface area contributed by atoms with E-state index in [0.29, 0.717) is 25.2 Å². The molecule has 2 heterocycles. The van der Waals surface area contributed by atoms with Crippen molar-refractivity contribution in [1.29, 1.82) is 0 Å². The Morgan fingerprint density at radius 3 is 2.66 bits per heavy atom. The molecule has 0 saturated carbocycles. The molecule has 35 heavy (non-hydrogen) atoms. The highest BCUT2D eigenvalue weighted by Gasteiger charge is 2.40.